The second kappa shape index (κ2) is 4.53. The van der Waals surface area contributed by atoms with Crippen LogP contribution < -0.4 is 0 Å². The second-order valence-corrected chi connectivity index (χ2v) is 6.17. The summed E-state index contributed by atoms with van der Waals surface area (Å²) < 4.78 is 7.97. The quantitative estimate of drug-likeness (QED) is 0.674. The van der Waals surface area contributed by atoms with Crippen molar-refractivity contribution in [3.05, 3.63) is 27.6 Å². The molecule has 0 saturated carbocycles. The molecule has 0 radical (unpaired) electrons. The highest BCUT2D eigenvalue weighted by atomic mass is 127. The van der Waals surface area contributed by atoms with Gasteiger partial charge >= 0.3 is 6.09 Å². The fourth-order valence-corrected chi connectivity index (χ4v) is 2.39. The lowest BCUT2D eigenvalue weighted by molar-refractivity contribution is 0.0540. The third kappa shape index (κ3) is 2.36. The van der Waals surface area contributed by atoms with Crippen molar-refractivity contribution >= 4 is 39.7 Å². The minimum absolute atomic E-state index is 0.383. The van der Waals surface area contributed by atoms with Gasteiger partial charge in [-0.25, -0.2) is 14.3 Å². The van der Waals surface area contributed by atoms with Crippen molar-refractivity contribution in [2.75, 3.05) is 0 Å². The Hall–Kier alpha value is -1.11. The summed E-state index contributed by atoms with van der Waals surface area (Å²) in [7, 11) is 0. The van der Waals surface area contributed by atoms with Crippen molar-refractivity contribution in [1.82, 2.24) is 9.55 Å². The molecule has 18 heavy (non-hydrogen) atoms. The Kier molecular flexibility index (Phi) is 3.35. The number of carbonyl (C=O) groups excluding carboxylic acids is 1. The molecule has 0 spiro atoms. The normalized spacial score (nSPS) is 11.8. The number of ether oxygens (including phenoxy) is 1. The van der Waals surface area contributed by atoms with E-state index in [9.17, 15) is 4.79 Å². The number of carbonyl (C=O) groups is 1. The Bertz CT molecular complexity index is 611. The first-order chi connectivity index (χ1) is 8.31. The Labute approximate surface area is 119 Å². The van der Waals surface area contributed by atoms with E-state index in [0.29, 0.717) is 5.65 Å². The summed E-state index contributed by atoms with van der Waals surface area (Å²) in [6.45, 7) is 7.45. The number of rotatable bonds is 0. The van der Waals surface area contributed by atoms with Crippen LogP contribution in [0.3, 0.4) is 0 Å². The van der Waals surface area contributed by atoms with E-state index >= 15 is 0 Å². The van der Waals surface area contributed by atoms with E-state index in [1.807, 2.05) is 39.8 Å². The van der Waals surface area contributed by atoms with Crippen LogP contribution in [0, 0.1) is 10.5 Å². The van der Waals surface area contributed by atoms with Crippen LogP contribution in [0.25, 0.3) is 11.0 Å². The summed E-state index contributed by atoms with van der Waals surface area (Å²) in [4.78, 5) is 16.5. The molecule has 0 fully saturated rings. The largest absolute Gasteiger partial charge is 0.443 e. The first-order valence-corrected chi connectivity index (χ1v) is 6.74. The molecule has 0 aliphatic heterocycles. The maximum atomic E-state index is 12.2. The average molecular weight is 358 g/mol. The molecule has 4 nitrogen and oxygen atoms in total. The Morgan fingerprint density at radius 2 is 2.11 bits per heavy atom. The van der Waals surface area contributed by atoms with Gasteiger partial charge in [0.2, 0.25) is 0 Å². The van der Waals surface area contributed by atoms with Gasteiger partial charge in [0, 0.05) is 20.8 Å². The van der Waals surface area contributed by atoms with Crippen LogP contribution in [0.4, 0.5) is 4.79 Å². The lowest BCUT2D eigenvalue weighted by Crippen LogP contribution is -2.27. The van der Waals surface area contributed by atoms with Crippen LogP contribution in [0.2, 0.25) is 0 Å². The van der Waals surface area contributed by atoms with E-state index in [4.69, 9.17) is 4.74 Å². The SMILES string of the molecule is Cc1c(I)c2cccnc2n1C(=O)OC(C)(C)C. The van der Waals surface area contributed by atoms with E-state index in [1.54, 1.807) is 6.20 Å². The topological polar surface area (TPSA) is 44.1 Å². The molecule has 0 saturated heterocycles. The third-order valence-corrected chi connectivity index (χ3v) is 3.83. The standard InChI is InChI=1S/C13H15IN2O2/c1-8-10(14)9-6-5-7-15-11(9)16(8)12(17)18-13(2,3)4/h5-7H,1-4H3. The highest BCUT2D eigenvalue weighted by Gasteiger charge is 2.23. The number of aromatic nitrogens is 2. The fourth-order valence-electron chi connectivity index (χ4n) is 1.73. The summed E-state index contributed by atoms with van der Waals surface area (Å²) >= 11 is 2.23. The molecule has 0 aliphatic carbocycles. The summed E-state index contributed by atoms with van der Waals surface area (Å²) in [5, 5.41) is 0.974. The van der Waals surface area contributed by atoms with Crippen molar-refractivity contribution in [3.8, 4) is 0 Å². The average Bonchev–Trinajstić information content (AvgIpc) is 2.50. The number of fused-ring (bicyclic) bond motifs is 1. The van der Waals surface area contributed by atoms with Crippen molar-refractivity contribution < 1.29 is 9.53 Å². The van der Waals surface area contributed by atoms with Crippen LogP contribution in [0.5, 0.6) is 0 Å². The van der Waals surface area contributed by atoms with Crippen molar-refractivity contribution in [1.29, 1.82) is 0 Å². The zero-order valence-corrected chi connectivity index (χ0v) is 13.0. The van der Waals surface area contributed by atoms with E-state index in [0.717, 1.165) is 14.7 Å². The molecular weight excluding hydrogens is 343 g/mol. The third-order valence-electron chi connectivity index (χ3n) is 2.46. The fraction of sp³-hybridized carbons (Fsp3) is 0.385. The highest BCUT2D eigenvalue weighted by Crippen LogP contribution is 2.26. The molecule has 0 aliphatic rings. The zero-order chi connectivity index (χ0) is 13.5. The Morgan fingerprint density at radius 3 is 2.72 bits per heavy atom. The number of pyridine rings is 1. The Morgan fingerprint density at radius 1 is 1.44 bits per heavy atom. The van der Waals surface area contributed by atoms with Crippen molar-refractivity contribution in [2.24, 2.45) is 0 Å². The van der Waals surface area contributed by atoms with E-state index in [-0.39, 0.29) is 6.09 Å². The first-order valence-electron chi connectivity index (χ1n) is 5.66. The van der Waals surface area contributed by atoms with Crippen LogP contribution in [-0.4, -0.2) is 21.2 Å². The molecule has 0 aromatic carbocycles. The minimum Gasteiger partial charge on any atom is -0.443 e. The molecule has 5 heteroatoms. The number of halogens is 1. The molecule has 0 N–H and O–H groups in total. The molecule has 2 heterocycles. The first kappa shape index (κ1) is 13.3. The van der Waals surface area contributed by atoms with E-state index in [1.165, 1.54) is 4.57 Å². The van der Waals surface area contributed by atoms with Gasteiger partial charge < -0.3 is 4.74 Å². The van der Waals surface area contributed by atoms with Gasteiger partial charge in [-0.15, -0.1) is 0 Å². The minimum atomic E-state index is -0.514. The molecule has 0 bridgehead atoms. The molecule has 2 aromatic rings. The number of hydrogen-bond acceptors (Lipinski definition) is 3. The van der Waals surface area contributed by atoms with Crippen molar-refractivity contribution in [2.45, 2.75) is 33.3 Å². The van der Waals surface area contributed by atoms with Gasteiger partial charge in [-0.1, -0.05) is 0 Å². The summed E-state index contributed by atoms with van der Waals surface area (Å²) in [5.74, 6) is 0. The van der Waals surface area contributed by atoms with E-state index < -0.39 is 5.60 Å². The molecular formula is C13H15IN2O2. The number of nitrogens with zero attached hydrogens (tertiary/aromatic N) is 2. The van der Waals surface area contributed by atoms with Crippen LogP contribution >= 0.6 is 22.6 Å². The molecule has 2 rings (SSSR count). The maximum absolute atomic E-state index is 12.2. The predicted octanol–water partition coefficient (Wildman–Crippen LogP) is 3.73. The molecule has 2 aromatic heterocycles. The second-order valence-electron chi connectivity index (χ2n) is 5.09. The molecule has 0 atom stereocenters. The highest BCUT2D eigenvalue weighted by molar-refractivity contribution is 14.1. The molecule has 0 unspecified atom stereocenters. The van der Waals surface area contributed by atoms with Gasteiger partial charge in [0.15, 0.2) is 5.65 Å². The van der Waals surface area contributed by atoms with Gasteiger partial charge in [-0.2, -0.15) is 0 Å². The molecule has 96 valence electrons. The monoisotopic (exact) mass is 358 g/mol. The maximum Gasteiger partial charge on any atom is 0.420 e. The lowest BCUT2D eigenvalue weighted by atomic mass is 10.2. The summed E-state index contributed by atoms with van der Waals surface area (Å²) in [6.07, 6.45) is 1.30. The van der Waals surface area contributed by atoms with Crippen LogP contribution in [-0.2, 0) is 4.74 Å². The smallest absolute Gasteiger partial charge is 0.420 e. The van der Waals surface area contributed by atoms with Crippen LogP contribution in [0.15, 0.2) is 18.3 Å². The summed E-state index contributed by atoms with van der Waals surface area (Å²) in [5.41, 5.74) is 0.993. The number of hydrogen-bond donors (Lipinski definition) is 0. The molecule has 0 amide bonds. The van der Waals surface area contributed by atoms with Gasteiger partial charge in [-0.3, -0.25) is 0 Å². The van der Waals surface area contributed by atoms with Crippen LogP contribution in [0.1, 0.15) is 26.5 Å². The summed E-state index contributed by atoms with van der Waals surface area (Å²) in [6, 6.07) is 3.82. The van der Waals surface area contributed by atoms with Gasteiger partial charge in [-0.05, 0) is 62.4 Å². The van der Waals surface area contributed by atoms with Gasteiger partial charge in [0.05, 0.1) is 0 Å². The van der Waals surface area contributed by atoms with Gasteiger partial charge in [0.25, 0.3) is 0 Å². The lowest BCUT2D eigenvalue weighted by Gasteiger charge is -2.20. The predicted molar refractivity (Wildman–Crippen MR) is 78.8 cm³/mol. The van der Waals surface area contributed by atoms with Gasteiger partial charge in [0.1, 0.15) is 5.60 Å². The zero-order valence-electron chi connectivity index (χ0n) is 10.8. The van der Waals surface area contributed by atoms with Crippen molar-refractivity contribution in [3.63, 3.8) is 0 Å². The van der Waals surface area contributed by atoms with E-state index in [2.05, 4.69) is 27.6 Å². The Balaban J connectivity index is 2.58.